The number of unbranched alkanes of at least 4 members (excludes halogenated alkanes) is 10. The molecule has 0 aromatic heterocycles. The number of hydrogen-bond donors (Lipinski definition) is 0. The van der Waals surface area contributed by atoms with Crippen LogP contribution >= 0.6 is 0 Å². The van der Waals surface area contributed by atoms with Crippen LogP contribution in [0.25, 0.3) is 122 Å². The maximum Gasteiger partial charge on any atom is 0.0465 e. The molecule has 0 radical (unpaired) electrons. The molecule has 6 aliphatic carbocycles. The lowest BCUT2D eigenvalue weighted by Gasteiger charge is -2.33. The Labute approximate surface area is 684 Å². The summed E-state index contributed by atoms with van der Waals surface area (Å²) >= 11 is 0. The molecule has 14 aromatic rings. The van der Waals surface area contributed by atoms with Crippen molar-refractivity contribution in [3.8, 4) is 111 Å². The summed E-state index contributed by atoms with van der Waals surface area (Å²) < 4.78 is 0. The Bertz CT molecular complexity index is 6260. The second-order valence-electron chi connectivity index (χ2n) is 37.7. The molecule has 0 unspecified atom stereocenters. The highest BCUT2D eigenvalue weighted by molar-refractivity contribution is 6.04. The predicted octanol–water partition coefficient (Wildman–Crippen LogP) is 32.3. The van der Waals surface area contributed by atoms with Crippen molar-refractivity contribution in [3.63, 3.8) is 0 Å². The second-order valence-corrected chi connectivity index (χ2v) is 37.7. The molecule has 20 rings (SSSR count). The van der Waals surface area contributed by atoms with Crippen molar-refractivity contribution < 1.29 is 0 Å². The van der Waals surface area contributed by atoms with E-state index in [4.69, 9.17) is 0 Å². The fourth-order valence-corrected chi connectivity index (χ4v) is 22.7. The van der Waals surface area contributed by atoms with E-state index in [0.29, 0.717) is 0 Å². The lowest BCUT2D eigenvalue weighted by atomic mass is 9.70. The third-order valence-corrected chi connectivity index (χ3v) is 29.3. The van der Waals surface area contributed by atoms with Gasteiger partial charge in [0.05, 0.1) is 0 Å². The summed E-state index contributed by atoms with van der Waals surface area (Å²) in [7, 11) is 0. The van der Waals surface area contributed by atoms with Crippen LogP contribution < -0.4 is 4.90 Å². The van der Waals surface area contributed by atoms with Crippen LogP contribution in [0.2, 0.25) is 0 Å². The molecule has 115 heavy (non-hydrogen) atoms. The van der Waals surface area contributed by atoms with E-state index in [-0.39, 0.29) is 32.5 Å². The summed E-state index contributed by atoms with van der Waals surface area (Å²) in [6.07, 6.45) is 18.4. The zero-order valence-electron chi connectivity index (χ0n) is 69.8. The molecule has 14 aromatic carbocycles. The van der Waals surface area contributed by atoms with Gasteiger partial charge in [-0.3, -0.25) is 0 Å². The zero-order chi connectivity index (χ0) is 78.7. The third-order valence-electron chi connectivity index (χ3n) is 29.3. The lowest BCUT2D eigenvalue weighted by molar-refractivity contribution is 0.398. The monoisotopic (exact) mass is 1490 g/mol. The first-order chi connectivity index (χ1) is 55.7. The first-order valence-electron chi connectivity index (χ1n) is 43.6. The van der Waals surface area contributed by atoms with Crippen LogP contribution in [0.3, 0.4) is 0 Å². The molecular weight excluding hydrogens is 1380 g/mol. The fraction of sp³-hybridized carbons (Fsp3) is 0.281. The molecule has 0 heterocycles. The maximum atomic E-state index is 2.65. The SMILES string of the molecule is CCCCCCCCC1(CCCCCCCC)c2ccccc2-c2ccc(-c3ccc4c(c3)C(C)(C)c3cc(-c5ccc6c(c5)C(C)(C)c5cc(-c7ccc8c(c7)C(C)(C)c7cc(-c9ccc(N(c%10ccccc%10)c%10ccc%11c(c%10)C(C)(C)c%10cc%12c(cc%10-%11)C(C)(C)c%10ccc%11ccccc%11c%10-%12)cc9)ccc7-8)ccc5-6)ccc3-4)cc21. The minimum absolute atomic E-state index is 0.0550. The van der Waals surface area contributed by atoms with Crippen molar-refractivity contribution in [1.82, 2.24) is 0 Å². The molecule has 0 saturated heterocycles. The Morgan fingerprint density at radius 3 is 1.02 bits per heavy atom. The zero-order valence-corrected chi connectivity index (χ0v) is 69.8. The number of nitrogens with zero attached hydrogens (tertiary/aromatic N) is 1. The highest BCUT2D eigenvalue weighted by Crippen LogP contribution is 2.61. The minimum atomic E-state index is -0.207. The van der Waals surface area contributed by atoms with E-state index in [1.54, 1.807) is 11.1 Å². The molecule has 570 valence electrons. The van der Waals surface area contributed by atoms with E-state index < -0.39 is 0 Å². The molecule has 0 fully saturated rings. The molecule has 1 nitrogen and oxygen atoms in total. The van der Waals surface area contributed by atoms with Crippen LogP contribution in [-0.2, 0) is 32.5 Å². The highest BCUT2D eigenvalue weighted by atomic mass is 15.1. The highest BCUT2D eigenvalue weighted by Gasteiger charge is 2.46. The minimum Gasteiger partial charge on any atom is -0.310 e. The van der Waals surface area contributed by atoms with Crippen molar-refractivity contribution >= 4 is 27.8 Å². The fourth-order valence-electron chi connectivity index (χ4n) is 22.7. The van der Waals surface area contributed by atoms with Gasteiger partial charge in [-0.1, -0.05) is 342 Å². The van der Waals surface area contributed by atoms with Crippen molar-refractivity contribution in [1.29, 1.82) is 0 Å². The summed E-state index contributed by atoms with van der Waals surface area (Å²) in [6.45, 7) is 29.0. The van der Waals surface area contributed by atoms with E-state index in [1.807, 2.05) is 0 Å². The molecule has 0 N–H and O–H groups in total. The normalized spacial score (nSPS) is 15.9. The number of anilines is 3. The number of benzene rings is 14. The van der Waals surface area contributed by atoms with E-state index in [2.05, 4.69) is 361 Å². The van der Waals surface area contributed by atoms with Gasteiger partial charge in [-0.05, 0) is 293 Å². The topological polar surface area (TPSA) is 3.24 Å². The Morgan fingerprint density at radius 2 is 0.530 bits per heavy atom. The number of para-hydroxylation sites is 1. The van der Waals surface area contributed by atoms with Crippen molar-refractivity contribution in [2.24, 2.45) is 0 Å². The predicted molar refractivity (Wildman–Crippen MR) is 490 cm³/mol. The second kappa shape index (κ2) is 27.4. The average molecular weight is 1490 g/mol. The van der Waals surface area contributed by atoms with Crippen LogP contribution in [0.5, 0.6) is 0 Å². The first-order valence-corrected chi connectivity index (χ1v) is 43.6. The van der Waals surface area contributed by atoms with Gasteiger partial charge in [0.15, 0.2) is 0 Å². The first kappa shape index (κ1) is 73.1. The number of rotatable bonds is 21. The average Bonchev–Trinajstić information content (AvgIpc) is 1.54. The molecule has 0 spiro atoms. The van der Waals surface area contributed by atoms with Gasteiger partial charge in [0.2, 0.25) is 0 Å². The Kier molecular flexibility index (Phi) is 17.4. The van der Waals surface area contributed by atoms with Crippen LogP contribution in [-0.4, -0.2) is 0 Å². The number of hydrogen-bond acceptors (Lipinski definition) is 1. The van der Waals surface area contributed by atoms with Crippen molar-refractivity contribution in [2.45, 2.75) is 205 Å². The number of fused-ring (bicyclic) bond motifs is 20. The molecule has 1 heteroatoms. The van der Waals surface area contributed by atoms with Gasteiger partial charge in [-0.2, -0.15) is 0 Å². The standard InChI is InChI=1S/C114H109N/c1-13-15-17-19-21-30-60-114(61-31-22-20-18-16-14-2)96-37-29-28-36-85(96)92-57-46-80(68-107(92)114)79-45-56-91-90-55-44-78(66-102(90)112(9,10)103(91)67-79)77-43-54-89-88-53-42-76(64-100(88)111(7,8)101(89)65-77)75-41-52-87-86-51-40-74(62-98(86)110(5,6)99(87)63-75)72-38-48-82(49-39-72)115(81-33-24-23-25-34-81)83-50-58-93-94-70-106-95(71-105(94)113(11,12)104(93)69-83)108-84-35-27-26-32-73(84)47-59-97(108)109(106,3)4/h23-29,32-59,62-71H,13-22,30-31,60-61H2,1-12H3. The summed E-state index contributed by atoms with van der Waals surface area (Å²) in [5.41, 5.74) is 46.6. The molecule has 0 saturated carbocycles. The molecule has 0 bridgehead atoms. The van der Waals surface area contributed by atoms with E-state index in [0.717, 1.165) is 17.1 Å². The van der Waals surface area contributed by atoms with Crippen LogP contribution in [0.15, 0.2) is 273 Å². The van der Waals surface area contributed by atoms with Gasteiger partial charge in [0.25, 0.3) is 0 Å². The lowest BCUT2D eigenvalue weighted by Crippen LogP contribution is -2.25. The van der Waals surface area contributed by atoms with Gasteiger partial charge >= 0.3 is 0 Å². The molecule has 0 aliphatic heterocycles. The van der Waals surface area contributed by atoms with Crippen LogP contribution in [0, 0.1) is 0 Å². The van der Waals surface area contributed by atoms with Gasteiger partial charge in [-0.15, -0.1) is 0 Å². The van der Waals surface area contributed by atoms with Gasteiger partial charge in [0.1, 0.15) is 0 Å². The van der Waals surface area contributed by atoms with Gasteiger partial charge < -0.3 is 4.90 Å². The van der Waals surface area contributed by atoms with Crippen molar-refractivity contribution in [2.75, 3.05) is 4.90 Å². The Balaban J connectivity index is 0.544. The van der Waals surface area contributed by atoms with Crippen LogP contribution in [0.1, 0.15) is 240 Å². The summed E-state index contributed by atoms with van der Waals surface area (Å²) in [5.74, 6) is 0. The quantitative estimate of drug-likeness (QED) is 0.0648. The van der Waals surface area contributed by atoms with Gasteiger partial charge in [0, 0.05) is 49.6 Å². The molecule has 6 aliphatic rings. The maximum absolute atomic E-state index is 2.65. The Hall–Kier alpha value is -10.9. The molecule has 0 amide bonds. The Morgan fingerprint density at radius 1 is 0.209 bits per heavy atom. The molecular formula is C114H109N. The summed E-state index contributed by atoms with van der Waals surface area (Å²) in [4.78, 5) is 2.44. The van der Waals surface area contributed by atoms with E-state index in [1.165, 1.54) is 268 Å². The van der Waals surface area contributed by atoms with E-state index >= 15 is 0 Å². The van der Waals surface area contributed by atoms with Gasteiger partial charge in [-0.25, -0.2) is 0 Å². The summed E-state index contributed by atoms with van der Waals surface area (Å²) in [6, 6.07) is 107. The molecule has 0 atom stereocenters. The van der Waals surface area contributed by atoms with Crippen molar-refractivity contribution in [3.05, 3.63) is 340 Å². The van der Waals surface area contributed by atoms with Crippen LogP contribution in [0.4, 0.5) is 17.1 Å². The smallest absolute Gasteiger partial charge is 0.0465 e. The van der Waals surface area contributed by atoms with E-state index in [9.17, 15) is 0 Å². The largest absolute Gasteiger partial charge is 0.310 e. The summed E-state index contributed by atoms with van der Waals surface area (Å²) in [5, 5.41) is 2.64. The third kappa shape index (κ3) is 11.4.